The lowest BCUT2D eigenvalue weighted by Crippen LogP contribution is -2.31. The third-order valence-electron chi connectivity index (χ3n) is 4.89. The minimum absolute atomic E-state index is 0.102. The number of carbonyl (C=O) groups excluding carboxylic acids is 1. The van der Waals surface area contributed by atoms with Gasteiger partial charge in [-0.25, -0.2) is 0 Å². The molecule has 138 valence electrons. The van der Waals surface area contributed by atoms with E-state index >= 15 is 0 Å². The van der Waals surface area contributed by atoms with Crippen LogP contribution in [-0.4, -0.2) is 24.0 Å². The molecule has 26 heavy (non-hydrogen) atoms. The van der Waals surface area contributed by atoms with Crippen molar-refractivity contribution in [1.29, 1.82) is 0 Å². The van der Waals surface area contributed by atoms with Crippen LogP contribution in [0.5, 0.6) is 5.75 Å². The third-order valence-corrected chi connectivity index (χ3v) is 6.26. The van der Waals surface area contributed by atoms with Gasteiger partial charge in [-0.3, -0.25) is 4.79 Å². The molecule has 1 saturated carbocycles. The quantitative estimate of drug-likeness (QED) is 0.749. The van der Waals surface area contributed by atoms with E-state index in [0.29, 0.717) is 11.0 Å². The number of hydrogen-bond acceptors (Lipinski definition) is 3. The number of rotatable bonds is 7. The van der Waals surface area contributed by atoms with Gasteiger partial charge in [0.1, 0.15) is 5.75 Å². The summed E-state index contributed by atoms with van der Waals surface area (Å²) in [5.74, 6) is 1.45. The Hall–Kier alpha value is -1.94. The highest BCUT2D eigenvalue weighted by Gasteiger charge is 2.19. The fourth-order valence-electron chi connectivity index (χ4n) is 3.43. The zero-order valence-corrected chi connectivity index (χ0v) is 16.1. The summed E-state index contributed by atoms with van der Waals surface area (Å²) in [6.07, 6.45) is 6.45. The monoisotopic (exact) mass is 369 g/mol. The maximum Gasteiger partial charge on any atom is 0.230 e. The molecule has 0 radical (unpaired) electrons. The molecule has 2 aromatic carbocycles. The number of benzene rings is 2. The average Bonchev–Trinajstić information content (AvgIpc) is 2.72. The molecule has 1 N–H and O–H groups in total. The lowest BCUT2D eigenvalue weighted by Gasteiger charge is -2.23. The van der Waals surface area contributed by atoms with Crippen LogP contribution in [0.25, 0.3) is 0 Å². The van der Waals surface area contributed by atoms with Gasteiger partial charge in [0.05, 0.1) is 18.9 Å². The standard InChI is InChI=1S/C22H27NO2S/c1-25-19-14-12-18(13-15-19)22(17-8-4-2-5-9-17)23-21(24)16-26-20-10-6-3-7-11-20/h2,4-5,8-9,12-15,20,22H,3,6-7,10-11,16H2,1H3,(H,23,24)/t22-/m1/s1. The molecule has 4 heteroatoms. The molecule has 0 heterocycles. The van der Waals surface area contributed by atoms with Gasteiger partial charge in [-0.15, -0.1) is 11.8 Å². The summed E-state index contributed by atoms with van der Waals surface area (Å²) in [6.45, 7) is 0. The van der Waals surface area contributed by atoms with Crippen LogP contribution in [0.15, 0.2) is 54.6 Å². The summed E-state index contributed by atoms with van der Waals surface area (Å²) in [6, 6.07) is 17.9. The molecule has 0 unspecified atom stereocenters. The molecular formula is C22H27NO2S. The van der Waals surface area contributed by atoms with Crippen LogP contribution >= 0.6 is 11.8 Å². The van der Waals surface area contributed by atoms with E-state index in [2.05, 4.69) is 17.4 Å². The Morgan fingerprint density at radius 1 is 1.04 bits per heavy atom. The summed E-state index contributed by atoms with van der Waals surface area (Å²) in [4.78, 5) is 12.6. The first-order valence-corrected chi connectivity index (χ1v) is 10.4. The molecule has 1 fully saturated rings. The summed E-state index contributed by atoms with van der Waals surface area (Å²) < 4.78 is 5.25. The Morgan fingerprint density at radius 2 is 1.69 bits per heavy atom. The van der Waals surface area contributed by atoms with Crippen LogP contribution in [0, 0.1) is 0 Å². The summed E-state index contributed by atoms with van der Waals surface area (Å²) >= 11 is 1.81. The minimum atomic E-state index is -0.137. The first kappa shape index (κ1) is 18.8. The third kappa shape index (κ3) is 5.28. The highest BCUT2D eigenvalue weighted by molar-refractivity contribution is 8.00. The number of methoxy groups -OCH3 is 1. The zero-order chi connectivity index (χ0) is 18.2. The second kappa shape index (κ2) is 9.67. The van der Waals surface area contributed by atoms with Crippen LogP contribution in [0.4, 0.5) is 0 Å². The van der Waals surface area contributed by atoms with Crippen molar-refractivity contribution in [2.24, 2.45) is 0 Å². The van der Waals surface area contributed by atoms with E-state index in [4.69, 9.17) is 4.74 Å². The Bertz CT molecular complexity index is 681. The van der Waals surface area contributed by atoms with Gasteiger partial charge in [0.25, 0.3) is 0 Å². The first-order chi connectivity index (χ1) is 12.8. The molecule has 0 spiro atoms. The molecule has 0 saturated heterocycles. The number of carbonyl (C=O) groups is 1. The van der Waals surface area contributed by atoms with Crippen LogP contribution in [-0.2, 0) is 4.79 Å². The molecule has 2 aromatic rings. The maximum absolute atomic E-state index is 12.6. The predicted molar refractivity (Wildman–Crippen MR) is 109 cm³/mol. The van der Waals surface area contributed by atoms with E-state index < -0.39 is 0 Å². The van der Waals surface area contributed by atoms with E-state index in [9.17, 15) is 4.79 Å². The fourth-order valence-corrected chi connectivity index (χ4v) is 4.57. The highest BCUT2D eigenvalue weighted by atomic mass is 32.2. The summed E-state index contributed by atoms with van der Waals surface area (Å²) in [7, 11) is 1.66. The number of hydrogen-bond donors (Lipinski definition) is 1. The SMILES string of the molecule is COc1ccc([C@H](NC(=O)CSC2CCCCC2)c2ccccc2)cc1. The van der Waals surface area contributed by atoms with Gasteiger partial charge in [0.15, 0.2) is 0 Å². The molecule has 1 amide bonds. The number of nitrogens with one attached hydrogen (secondary N) is 1. The normalized spacial score (nSPS) is 16.0. The van der Waals surface area contributed by atoms with Gasteiger partial charge in [0, 0.05) is 5.25 Å². The van der Waals surface area contributed by atoms with Crippen molar-refractivity contribution in [2.75, 3.05) is 12.9 Å². The predicted octanol–water partition coefficient (Wildman–Crippen LogP) is 4.97. The topological polar surface area (TPSA) is 38.3 Å². The Kier molecular flexibility index (Phi) is 7.01. The molecule has 3 rings (SSSR count). The van der Waals surface area contributed by atoms with Crippen molar-refractivity contribution in [2.45, 2.75) is 43.4 Å². The van der Waals surface area contributed by atoms with Crippen LogP contribution in [0.1, 0.15) is 49.3 Å². The lowest BCUT2D eigenvalue weighted by atomic mass is 9.98. The summed E-state index contributed by atoms with van der Waals surface area (Å²) in [5, 5.41) is 3.87. The molecule has 0 aromatic heterocycles. The van der Waals surface area contributed by atoms with E-state index in [1.807, 2.05) is 54.2 Å². The zero-order valence-electron chi connectivity index (χ0n) is 15.3. The van der Waals surface area contributed by atoms with E-state index in [1.165, 1.54) is 32.1 Å². The Balaban J connectivity index is 1.67. The Labute approximate surface area is 160 Å². The number of ether oxygens (including phenoxy) is 1. The molecule has 1 aliphatic carbocycles. The van der Waals surface area contributed by atoms with Gasteiger partial charge < -0.3 is 10.1 Å². The van der Waals surface area contributed by atoms with Crippen molar-refractivity contribution >= 4 is 17.7 Å². The van der Waals surface area contributed by atoms with Crippen molar-refractivity contribution in [3.8, 4) is 5.75 Å². The summed E-state index contributed by atoms with van der Waals surface area (Å²) in [5.41, 5.74) is 2.15. The average molecular weight is 370 g/mol. The van der Waals surface area contributed by atoms with Crippen molar-refractivity contribution in [3.63, 3.8) is 0 Å². The van der Waals surface area contributed by atoms with Gasteiger partial charge in [-0.2, -0.15) is 0 Å². The fraction of sp³-hybridized carbons (Fsp3) is 0.409. The van der Waals surface area contributed by atoms with E-state index in [0.717, 1.165) is 16.9 Å². The lowest BCUT2D eigenvalue weighted by molar-refractivity contribution is -0.119. The van der Waals surface area contributed by atoms with Crippen molar-refractivity contribution in [1.82, 2.24) is 5.32 Å². The second-order valence-electron chi connectivity index (χ2n) is 6.76. The molecule has 0 bridgehead atoms. The van der Waals surface area contributed by atoms with Gasteiger partial charge >= 0.3 is 0 Å². The van der Waals surface area contributed by atoms with E-state index in [1.54, 1.807) is 7.11 Å². The van der Waals surface area contributed by atoms with Gasteiger partial charge in [-0.1, -0.05) is 61.7 Å². The molecule has 3 nitrogen and oxygen atoms in total. The minimum Gasteiger partial charge on any atom is -0.497 e. The maximum atomic E-state index is 12.6. The second-order valence-corrected chi connectivity index (χ2v) is 8.04. The highest BCUT2D eigenvalue weighted by Crippen LogP contribution is 2.29. The molecule has 1 aliphatic rings. The molecule has 1 atom stereocenters. The van der Waals surface area contributed by atoms with Crippen molar-refractivity contribution < 1.29 is 9.53 Å². The number of amides is 1. The first-order valence-electron chi connectivity index (χ1n) is 9.36. The van der Waals surface area contributed by atoms with E-state index in [-0.39, 0.29) is 11.9 Å². The van der Waals surface area contributed by atoms with Gasteiger partial charge in [0.2, 0.25) is 5.91 Å². The van der Waals surface area contributed by atoms with Gasteiger partial charge in [-0.05, 0) is 36.1 Å². The smallest absolute Gasteiger partial charge is 0.230 e. The largest absolute Gasteiger partial charge is 0.497 e. The van der Waals surface area contributed by atoms with Crippen LogP contribution in [0.3, 0.4) is 0 Å². The molecular weight excluding hydrogens is 342 g/mol. The van der Waals surface area contributed by atoms with Crippen molar-refractivity contribution in [3.05, 3.63) is 65.7 Å². The van der Waals surface area contributed by atoms with Crippen LogP contribution in [0.2, 0.25) is 0 Å². The Morgan fingerprint density at radius 3 is 2.35 bits per heavy atom. The molecule has 0 aliphatic heterocycles. The van der Waals surface area contributed by atoms with Crippen LogP contribution < -0.4 is 10.1 Å². The number of thioether (sulfide) groups is 1.